The number of hydrogen-bond donors (Lipinski definition) is 4. The normalized spacial score (nSPS) is 19.4. The smallest absolute Gasteiger partial charge is 0.352 e. The number of carbonyl (C=O) groups is 5. The molecular formula is C36H33FN5O7S2+. The van der Waals surface area contributed by atoms with Gasteiger partial charge in [-0.2, -0.15) is 4.57 Å². The van der Waals surface area contributed by atoms with E-state index in [-0.39, 0.29) is 41.2 Å². The molecule has 3 aromatic rings. The maximum absolute atomic E-state index is 13.6. The van der Waals surface area contributed by atoms with E-state index in [4.69, 9.17) is 0 Å². The van der Waals surface area contributed by atoms with E-state index < -0.39 is 40.8 Å². The molecule has 0 radical (unpaired) electrons. The number of pyridine rings is 1. The number of β-lactam (4-membered cyclic amide) rings is 1. The number of hydrogen-bond acceptors (Lipinski definition) is 8. The van der Waals surface area contributed by atoms with E-state index in [1.807, 2.05) is 36.4 Å². The molecule has 4 amide bonds. The number of phenols is 1. The Balaban J connectivity index is 1.02. The molecule has 12 nitrogen and oxygen atoms in total. The predicted molar refractivity (Wildman–Crippen MR) is 189 cm³/mol. The van der Waals surface area contributed by atoms with Gasteiger partial charge in [-0.15, -0.1) is 23.5 Å². The van der Waals surface area contributed by atoms with Crippen molar-refractivity contribution in [3.05, 3.63) is 118 Å². The summed E-state index contributed by atoms with van der Waals surface area (Å²) in [4.78, 5) is 66.6. The molecule has 0 spiro atoms. The number of aromatic nitrogens is 1. The zero-order chi connectivity index (χ0) is 36.1. The molecular weight excluding hydrogens is 698 g/mol. The SMILES string of the molecule is O=C(C[n+]1ccc(CN2CCC(=CC3=C(C(=O)O)N4C(=O)[C@@H](NC(=O)CS/C=C\c5ccccc5)[C@H]4SC3)C2=O)cc1)Nc1ccc(O)c(F)c1. The number of benzene rings is 2. The van der Waals surface area contributed by atoms with Gasteiger partial charge in [0.05, 0.1) is 5.75 Å². The lowest BCUT2D eigenvalue weighted by Crippen LogP contribution is -2.70. The maximum atomic E-state index is 13.6. The highest BCUT2D eigenvalue weighted by atomic mass is 32.2. The molecule has 15 heteroatoms. The monoisotopic (exact) mass is 730 g/mol. The first-order valence-electron chi connectivity index (χ1n) is 15.9. The third-order valence-electron chi connectivity index (χ3n) is 8.34. The van der Waals surface area contributed by atoms with E-state index in [1.54, 1.807) is 45.5 Å². The Morgan fingerprint density at radius 3 is 2.55 bits per heavy atom. The van der Waals surface area contributed by atoms with Gasteiger partial charge in [0.2, 0.25) is 18.4 Å². The lowest BCUT2D eigenvalue weighted by Gasteiger charge is -2.49. The van der Waals surface area contributed by atoms with E-state index in [9.17, 15) is 38.6 Å². The Bertz CT molecular complexity index is 1970. The zero-order valence-electron chi connectivity index (χ0n) is 27.0. The first-order valence-corrected chi connectivity index (χ1v) is 18.0. The topological polar surface area (TPSA) is 160 Å². The molecule has 0 unspecified atom stereocenters. The van der Waals surface area contributed by atoms with Crippen molar-refractivity contribution < 1.29 is 43.1 Å². The van der Waals surface area contributed by atoms with E-state index >= 15 is 0 Å². The summed E-state index contributed by atoms with van der Waals surface area (Å²) in [5.41, 5.74) is 2.65. The van der Waals surface area contributed by atoms with Crippen LogP contribution in [0.2, 0.25) is 0 Å². The van der Waals surface area contributed by atoms with Gasteiger partial charge in [0.25, 0.3) is 11.8 Å². The number of nitrogens with zero attached hydrogens (tertiary/aromatic N) is 3. The molecule has 1 aromatic heterocycles. The molecule has 0 bridgehead atoms. The van der Waals surface area contributed by atoms with Gasteiger partial charge >= 0.3 is 5.97 Å². The minimum absolute atomic E-state index is 0.0449. The van der Waals surface area contributed by atoms with Crippen LogP contribution in [0.3, 0.4) is 0 Å². The summed E-state index contributed by atoms with van der Waals surface area (Å²) >= 11 is 2.63. The van der Waals surface area contributed by atoms with Crippen LogP contribution in [0, 0.1) is 5.82 Å². The molecule has 4 heterocycles. The van der Waals surface area contributed by atoms with E-state index in [2.05, 4.69) is 10.6 Å². The summed E-state index contributed by atoms with van der Waals surface area (Å²) in [7, 11) is 0. The molecule has 2 fully saturated rings. The molecule has 2 atom stereocenters. The molecule has 4 N–H and O–H groups in total. The van der Waals surface area contributed by atoms with E-state index in [1.165, 1.54) is 34.5 Å². The first-order chi connectivity index (χ1) is 24.6. The highest BCUT2D eigenvalue weighted by molar-refractivity contribution is 8.02. The van der Waals surface area contributed by atoms with Crippen LogP contribution in [0.15, 0.2) is 101 Å². The predicted octanol–water partition coefficient (Wildman–Crippen LogP) is 3.26. The number of aliphatic carboxylic acids is 1. The summed E-state index contributed by atoms with van der Waals surface area (Å²) in [6.07, 6.45) is 7.23. The first kappa shape index (κ1) is 35.4. The number of anilines is 1. The van der Waals surface area contributed by atoms with Crippen LogP contribution in [-0.2, 0) is 37.1 Å². The minimum atomic E-state index is -1.28. The largest absolute Gasteiger partial charge is 0.505 e. The zero-order valence-corrected chi connectivity index (χ0v) is 28.7. The van der Waals surface area contributed by atoms with Crippen molar-refractivity contribution in [2.45, 2.75) is 30.9 Å². The van der Waals surface area contributed by atoms with Gasteiger partial charge in [-0.05, 0) is 52.8 Å². The Kier molecular flexibility index (Phi) is 10.9. The lowest BCUT2D eigenvalue weighted by molar-refractivity contribution is -0.684. The molecule has 0 aliphatic carbocycles. The van der Waals surface area contributed by atoms with Gasteiger partial charge in [-0.25, -0.2) is 9.18 Å². The number of nitrogens with one attached hydrogen (secondary N) is 2. The molecule has 262 valence electrons. The van der Waals surface area contributed by atoms with Crippen molar-refractivity contribution in [1.82, 2.24) is 15.1 Å². The highest BCUT2D eigenvalue weighted by Gasteiger charge is 2.54. The number of rotatable bonds is 12. The maximum Gasteiger partial charge on any atom is 0.352 e. The van der Waals surface area contributed by atoms with Gasteiger partial charge in [0, 0.05) is 48.3 Å². The number of phenolic OH excluding ortho intramolecular Hbond substituents is 1. The number of halogens is 1. The molecule has 2 aromatic carbocycles. The Labute approximate surface area is 300 Å². The molecule has 3 aliphatic rings. The van der Waals surface area contributed by atoms with Gasteiger partial charge in [0.15, 0.2) is 24.0 Å². The Morgan fingerprint density at radius 2 is 1.82 bits per heavy atom. The van der Waals surface area contributed by atoms with E-state index in [0.29, 0.717) is 30.7 Å². The standard InChI is InChI=1S/C36H32FN5O7S2/c37-27-17-26(6-7-28(27)43)38-29(44)19-40-12-8-23(9-13-40)18-41-14-10-24(33(41)46)16-25-20-51-35-31(34(47)42(35)32(25)36(48)49)39-30(45)21-50-15-11-22-4-2-1-3-5-22/h1-9,11-13,15-17,31,35H,10,14,18-21H2,(H3-,38,39,43,44,45,48,49)/p+1/b15-11-,24-16?/t31-,35-/m1/s1. The highest BCUT2D eigenvalue weighted by Crippen LogP contribution is 2.41. The fourth-order valence-corrected chi connectivity index (χ4v) is 7.71. The van der Waals surface area contributed by atoms with Gasteiger partial charge in [-0.3, -0.25) is 24.1 Å². The summed E-state index contributed by atoms with van der Waals surface area (Å²) in [5, 5.41) is 25.9. The number of amides is 4. The van der Waals surface area contributed by atoms with Crippen LogP contribution < -0.4 is 15.2 Å². The fourth-order valence-electron chi connectivity index (χ4n) is 5.82. The molecule has 6 rings (SSSR count). The third kappa shape index (κ3) is 8.32. The quantitative estimate of drug-likeness (QED) is 0.0950. The second-order valence-corrected chi connectivity index (χ2v) is 13.9. The number of carboxylic acids is 1. The van der Waals surface area contributed by atoms with E-state index in [0.717, 1.165) is 23.3 Å². The van der Waals surface area contributed by atoms with Crippen molar-refractivity contribution in [3.8, 4) is 5.75 Å². The average molecular weight is 731 g/mol. The van der Waals surface area contributed by atoms with Crippen molar-refractivity contribution in [2.24, 2.45) is 0 Å². The minimum Gasteiger partial charge on any atom is -0.505 e. The van der Waals surface area contributed by atoms with Crippen LogP contribution in [0.1, 0.15) is 17.5 Å². The van der Waals surface area contributed by atoms with Gasteiger partial charge in [0.1, 0.15) is 17.1 Å². The number of carboxylic acid groups (broad SMARTS) is 1. The number of fused-ring (bicyclic) bond motifs is 1. The lowest BCUT2D eigenvalue weighted by atomic mass is 10.0. The number of aromatic hydroxyl groups is 1. The van der Waals surface area contributed by atoms with Crippen LogP contribution in [0.25, 0.3) is 6.08 Å². The number of thioether (sulfide) groups is 2. The Hall–Kier alpha value is -5.41. The van der Waals surface area contributed by atoms with Gasteiger partial charge < -0.3 is 25.7 Å². The Morgan fingerprint density at radius 1 is 1.06 bits per heavy atom. The third-order valence-corrected chi connectivity index (χ3v) is 10.4. The molecule has 2 saturated heterocycles. The summed E-state index contributed by atoms with van der Waals surface area (Å²) in [6.45, 7) is 0.673. The molecule has 0 saturated carbocycles. The van der Waals surface area contributed by atoms with Crippen LogP contribution in [-0.4, -0.2) is 79.1 Å². The number of allylic oxidation sites excluding steroid dienone is 1. The van der Waals surface area contributed by atoms with Crippen LogP contribution in [0.5, 0.6) is 5.75 Å². The van der Waals surface area contributed by atoms with Crippen molar-refractivity contribution in [1.29, 1.82) is 0 Å². The van der Waals surface area contributed by atoms with Crippen molar-refractivity contribution in [2.75, 3.05) is 23.4 Å². The average Bonchev–Trinajstić information content (AvgIpc) is 3.45. The summed E-state index contributed by atoms with van der Waals surface area (Å²) in [5.74, 6) is -3.75. The number of carbonyl (C=O) groups excluding carboxylic acids is 4. The number of likely N-dealkylation sites (tertiary alicyclic amines) is 1. The van der Waals surface area contributed by atoms with Crippen molar-refractivity contribution >= 4 is 64.9 Å². The second-order valence-electron chi connectivity index (χ2n) is 11.9. The fraction of sp³-hybridized carbons (Fsp3) is 0.222. The van der Waals surface area contributed by atoms with Crippen LogP contribution >= 0.6 is 23.5 Å². The molecule has 51 heavy (non-hydrogen) atoms. The molecule has 3 aliphatic heterocycles. The van der Waals surface area contributed by atoms with Crippen LogP contribution in [0.4, 0.5) is 10.1 Å². The summed E-state index contributed by atoms with van der Waals surface area (Å²) in [6, 6.07) is 15.9. The summed E-state index contributed by atoms with van der Waals surface area (Å²) < 4.78 is 15.2. The van der Waals surface area contributed by atoms with Gasteiger partial charge in [-0.1, -0.05) is 30.3 Å². The second kappa shape index (κ2) is 15.6. The van der Waals surface area contributed by atoms with Crippen molar-refractivity contribution in [3.63, 3.8) is 0 Å².